The molecule has 1 N–H and O–H groups in total. The number of phenolic OH excluding ortho intramolecular Hbond substituents is 1. The number of aromatic hydroxyl groups is 1. The molecule has 0 radical (unpaired) electrons. The summed E-state index contributed by atoms with van der Waals surface area (Å²) in [7, 11) is -2.59. The monoisotopic (exact) mass is 252 g/mol. The Morgan fingerprint density at radius 1 is 0.875 bits per heavy atom. The summed E-state index contributed by atoms with van der Waals surface area (Å²) in [6.07, 6.45) is 0. The predicted octanol–water partition coefficient (Wildman–Crippen LogP) is 4.23. The number of rotatable bonds is 3. The first-order valence-electron chi connectivity index (χ1n) is 5.92. The lowest BCUT2D eigenvalue weighted by atomic mass is 10.2. The molecular formula is C13H24OSi2. The SMILES string of the molecule is C[Si](C)(C)C(c1ccccc1O)[Si](C)(C)C. The Morgan fingerprint density at radius 2 is 1.31 bits per heavy atom. The van der Waals surface area contributed by atoms with Gasteiger partial charge in [-0.1, -0.05) is 57.5 Å². The van der Waals surface area contributed by atoms with Crippen molar-refractivity contribution in [3.63, 3.8) is 0 Å². The third-order valence-electron chi connectivity index (χ3n) is 2.98. The highest BCUT2D eigenvalue weighted by atomic mass is 28.4. The molecule has 0 aliphatic heterocycles. The Bertz CT molecular complexity index is 347. The molecule has 0 aromatic heterocycles. The highest BCUT2D eigenvalue weighted by molar-refractivity contribution is 6.96. The first kappa shape index (κ1) is 13.5. The van der Waals surface area contributed by atoms with Crippen LogP contribution < -0.4 is 0 Å². The maximum Gasteiger partial charge on any atom is 0.118 e. The zero-order chi connectivity index (χ0) is 12.6. The van der Waals surface area contributed by atoms with Crippen LogP contribution in [0.1, 0.15) is 10.7 Å². The van der Waals surface area contributed by atoms with Gasteiger partial charge in [-0.25, -0.2) is 0 Å². The Balaban J connectivity index is 3.29. The van der Waals surface area contributed by atoms with E-state index in [1.165, 1.54) is 5.56 Å². The van der Waals surface area contributed by atoms with Gasteiger partial charge >= 0.3 is 0 Å². The van der Waals surface area contributed by atoms with Gasteiger partial charge in [0.15, 0.2) is 0 Å². The molecule has 0 spiro atoms. The van der Waals surface area contributed by atoms with E-state index in [-0.39, 0.29) is 0 Å². The Hall–Kier alpha value is -0.546. The smallest absolute Gasteiger partial charge is 0.118 e. The van der Waals surface area contributed by atoms with Crippen LogP contribution in [0.25, 0.3) is 0 Å². The zero-order valence-electron chi connectivity index (χ0n) is 11.3. The van der Waals surface area contributed by atoms with E-state index in [4.69, 9.17) is 0 Å². The lowest BCUT2D eigenvalue weighted by molar-refractivity contribution is 0.469. The van der Waals surface area contributed by atoms with Crippen molar-refractivity contribution in [2.75, 3.05) is 0 Å². The van der Waals surface area contributed by atoms with E-state index in [1.54, 1.807) is 0 Å². The first-order chi connectivity index (χ1) is 7.14. The third-order valence-corrected chi connectivity index (χ3v) is 12.3. The number of para-hydroxylation sites is 1. The molecule has 90 valence electrons. The fourth-order valence-corrected chi connectivity index (χ4v) is 15.7. The molecule has 3 heteroatoms. The summed E-state index contributed by atoms with van der Waals surface area (Å²) in [4.78, 5) is 0. The van der Waals surface area contributed by atoms with Gasteiger partial charge in [0.25, 0.3) is 0 Å². The van der Waals surface area contributed by atoms with E-state index in [0.29, 0.717) is 10.9 Å². The van der Waals surface area contributed by atoms with Gasteiger partial charge < -0.3 is 5.11 Å². The standard InChI is InChI=1S/C13H24OSi2/c1-15(2,3)13(16(4,5)6)11-9-7-8-10-12(11)14/h7-10,13-14H,1-6H3. The normalized spacial score (nSPS) is 13.2. The summed E-state index contributed by atoms with van der Waals surface area (Å²) in [5.41, 5.74) is 1.18. The molecule has 1 aromatic rings. The average molecular weight is 253 g/mol. The van der Waals surface area contributed by atoms with Gasteiger partial charge in [-0.15, -0.1) is 0 Å². The van der Waals surface area contributed by atoms with Crippen molar-refractivity contribution in [3.8, 4) is 5.75 Å². The minimum atomic E-state index is -1.29. The van der Waals surface area contributed by atoms with E-state index in [0.717, 1.165) is 0 Å². The Morgan fingerprint density at radius 3 is 1.69 bits per heavy atom. The van der Waals surface area contributed by atoms with Gasteiger partial charge in [-0.3, -0.25) is 0 Å². The number of hydrogen-bond donors (Lipinski definition) is 1. The number of phenols is 1. The van der Waals surface area contributed by atoms with Crippen LogP contribution in [0.4, 0.5) is 0 Å². The maximum atomic E-state index is 10.1. The minimum absolute atomic E-state index is 0.484. The van der Waals surface area contributed by atoms with Crippen molar-refractivity contribution in [3.05, 3.63) is 29.8 Å². The molecule has 1 rings (SSSR count). The van der Waals surface area contributed by atoms with Crippen LogP contribution in [0.3, 0.4) is 0 Å². The fraction of sp³-hybridized carbons (Fsp3) is 0.538. The second-order valence-corrected chi connectivity index (χ2v) is 17.9. The van der Waals surface area contributed by atoms with Gasteiger partial charge in [0.1, 0.15) is 5.75 Å². The van der Waals surface area contributed by atoms with Crippen LogP contribution in [0, 0.1) is 0 Å². The number of hydrogen-bond acceptors (Lipinski definition) is 1. The molecule has 0 atom stereocenters. The average Bonchev–Trinajstić information content (AvgIpc) is 2.03. The lowest BCUT2D eigenvalue weighted by Gasteiger charge is -2.39. The molecule has 0 fully saturated rings. The Labute approximate surface area is 102 Å². The third kappa shape index (κ3) is 2.98. The summed E-state index contributed by atoms with van der Waals surface area (Å²) in [6.45, 7) is 14.4. The quantitative estimate of drug-likeness (QED) is 0.798. The van der Waals surface area contributed by atoms with Crippen molar-refractivity contribution < 1.29 is 5.11 Å². The molecule has 1 nitrogen and oxygen atoms in total. The zero-order valence-corrected chi connectivity index (χ0v) is 13.3. The van der Waals surface area contributed by atoms with Crippen LogP contribution in [0.2, 0.25) is 39.3 Å². The van der Waals surface area contributed by atoms with E-state index in [9.17, 15) is 5.11 Å². The van der Waals surface area contributed by atoms with Gasteiger partial charge in [0, 0.05) is 16.1 Å². The molecule has 0 aliphatic rings. The highest BCUT2D eigenvalue weighted by Crippen LogP contribution is 2.39. The van der Waals surface area contributed by atoms with Gasteiger partial charge in [-0.05, 0) is 16.8 Å². The maximum absolute atomic E-state index is 10.1. The van der Waals surface area contributed by atoms with E-state index >= 15 is 0 Å². The molecule has 16 heavy (non-hydrogen) atoms. The number of benzene rings is 1. The molecule has 0 unspecified atom stereocenters. The predicted molar refractivity (Wildman–Crippen MR) is 77.5 cm³/mol. The molecule has 0 aliphatic carbocycles. The largest absolute Gasteiger partial charge is 0.508 e. The first-order valence-corrected chi connectivity index (χ1v) is 13.1. The van der Waals surface area contributed by atoms with Crippen LogP contribution in [0.15, 0.2) is 24.3 Å². The molecule has 0 bridgehead atoms. The molecule has 0 amide bonds. The summed E-state index contributed by atoms with van der Waals surface area (Å²) in [5.74, 6) is 0.484. The van der Waals surface area contributed by atoms with Gasteiger partial charge in [-0.2, -0.15) is 0 Å². The van der Waals surface area contributed by atoms with Crippen molar-refractivity contribution >= 4 is 16.1 Å². The molecular weight excluding hydrogens is 228 g/mol. The van der Waals surface area contributed by atoms with Crippen LogP contribution in [0.5, 0.6) is 5.75 Å². The highest BCUT2D eigenvalue weighted by Gasteiger charge is 2.39. The van der Waals surface area contributed by atoms with Crippen molar-refractivity contribution in [2.45, 2.75) is 44.4 Å². The summed E-state index contributed by atoms with van der Waals surface area (Å²) >= 11 is 0. The van der Waals surface area contributed by atoms with Crippen molar-refractivity contribution in [1.82, 2.24) is 0 Å². The second kappa shape index (κ2) is 4.37. The van der Waals surface area contributed by atoms with Gasteiger partial charge in [0.05, 0.1) is 0 Å². The summed E-state index contributed by atoms with van der Waals surface area (Å²) < 4.78 is 0. The minimum Gasteiger partial charge on any atom is -0.508 e. The van der Waals surface area contributed by atoms with Crippen LogP contribution >= 0.6 is 0 Å². The van der Waals surface area contributed by atoms with Crippen molar-refractivity contribution in [1.29, 1.82) is 0 Å². The lowest BCUT2D eigenvalue weighted by Crippen LogP contribution is -2.46. The van der Waals surface area contributed by atoms with E-state index in [1.807, 2.05) is 18.2 Å². The Kier molecular flexibility index (Phi) is 3.70. The summed E-state index contributed by atoms with van der Waals surface area (Å²) in [6, 6.07) is 7.88. The van der Waals surface area contributed by atoms with Crippen LogP contribution in [-0.2, 0) is 0 Å². The molecule has 0 saturated carbocycles. The molecule has 0 heterocycles. The van der Waals surface area contributed by atoms with Crippen molar-refractivity contribution in [2.24, 2.45) is 0 Å². The molecule has 1 aromatic carbocycles. The van der Waals surface area contributed by atoms with Crippen LogP contribution in [-0.4, -0.2) is 21.3 Å². The van der Waals surface area contributed by atoms with E-state index < -0.39 is 16.1 Å². The van der Waals surface area contributed by atoms with Gasteiger partial charge in [0.2, 0.25) is 0 Å². The second-order valence-electron chi connectivity index (χ2n) is 6.72. The van der Waals surface area contributed by atoms with E-state index in [2.05, 4.69) is 45.3 Å². The topological polar surface area (TPSA) is 20.2 Å². The molecule has 0 saturated heterocycles. The summed E-state index contributed by atoms with van der Waals surface area (Å²) in [5, 5.41) is 10.7. The fourth-order valence-electron chi connectivity index (χ4n) is 2.96.